The summed E-state index contributed by atoms with van der Waals surface area (Å²) < 4.78 is 16.9. The number of carbonyl (C=O) groups excluding carboxylic acids is 4. The molecule has 0 saturated carbocycles. The number of fused-ring (bicyclic) bond motifs is 1. The summed E-state index contributed by atoms with van der Waals surface area (Å²) in [5.41, 5.74) is 4.62. The molecule has 0 aliphatic carbocycles. The lowest BCUT2D eigenvalue weighted by Gasteiger charge is -2.39. The second kappa shape index (κ2) is 19.4. The Hall–Kier alpha value is -5.29. The number of ether oxygens (including phenoxy) is 2. The van der Waals surface area contributed by atoms with Crippen LogP contribution in [0, 0.1) is 6.92 Å². The minimum atomic E-state index is -1.07. The molecule has 2 N–H and O–H groups in total. The number of nitrogens with zero attached hydrogens (tertiary/aromatic N) is 6. The quantitative estimate of drug-likeness (QED) is 0.0860. The minimum absolute atomic E-state index is 0.0499. The molecule has 2 aliphatic heterocycles. The number of likely N-dealkylation sites (N-methyl/N-ethyl adjacent to an activating group) is 1. The molecule has 0 bridgehead atoms. The smallest absolute Gasteiger partial charge is 0.261 e. The van der Waals surface area contributed by atoms with Crippen LogP contribution in [0.4, 0.5) is 5.69 Å². The number of nitrogens with one attached hydrogen (secondary N) is 2. The molecular formula is C42H52N8O7S. The van der Waals surface area contributed by atoms with E-state index in [4.69, 9.17) is 9.47 Å². The van der Waals surface area contributed by atoms with E-state index < -0.39 is 17.9 Å². The number of carbonyl (C=O) groups is 4. The zero-order chi connectivity index (χ0) is 41.3. The van der Waals surface area contributed by atoms with Gasteiger partial charge in [-0.05, 0) is 60.2 Å². The summed E-state index contributed by atoms with van der Waals surface area (Å²) in [4.78, 5) is 74.0. The summed E-state index contributed by atoms with van der Waals surface area (Å²) >= 11 is 1.78. The number of benzene rings is 2. The SMILES string of the molecule is CNC(=O)C(CCC=O)N(C=O)C(=O)c1cc(N2CCN(CCNSC3CN(Cc4c(OC)cc(-c5cn(C)c(=O)c6cnccc56)cc4OC)C3)CC2)ccc1C. The molecule has 308 valence electrons. The van der Waals surface area contributed by atoms with E-state index in [0.717, 1.165) is 96.5 Å². The van der Waals surface area contributed by atoms with Gasteiger partial charge in [-0.15, -0.1) is 0 Å². The summed E-state index contributed by atoms with van der Waals surface area (Å²) in [6.07, 6.45) is 6.29. The van der Waals surface area contributed by atoms with Gasteiger partial charge in [0.25, 0.3) is 11.5 Å². The van der Waals surface area contributed by atoms with Crippen LogP contribution in [0.1, 0.15) is 34.3 Å². The molecule has 3 amide bonds. The first-order valence-corrected chi connectivity index (χ1v) is 20.3. The molecule has 16 heteroatoms. The van der Waals surface area contributed by atoms with Crippen LogP contribution in [0.2, 0.25) is 0 Å². The Labute approximate surface area is 342 Å². The summed E-state index contributed by atoms with van der Waals surface area (Å²) in [5.74, 6) is 0.409. The number of hydrogen-bond acceptors (Lipinski definition) is 13. The monoisotopic (exact) mass is 812 g/mol. The van der Waals surface area contributed by atoms with Gasteiger partial charge in [0, 0.05) is 120 Å². The first-order valence-electron chi connectivity index (χ1n) is 19.4. The van der Waals surface area contributed by atoms with Crippen LogP contribution in [-0.2, 0) is 28.0 Å². The second-order valence-corrected chi connectivity index (χ2v) is 15.8. The fourth-order valence-corrected chi connectivity index (χ4v) is 8.64. The van der Waals surface area contributed by atoms with E-state index in [1.54, 1.807) is 63.2 Å². The number of anilines is 1. The van der Waals surface area contributed by atoms with Gasteiger partial charge < -0.3 is 29.1 Å². The van der Waals surface area contributed by atoms with Crippen LogP contribution in [0.15, 0.2) is 59.8 Å². The lowest BCUT2D eigenvalue weighted by molar-refractivity contribution is -0.131. The van der Waals surface area contributed by atoms with E-state index in [0.29, 0.717) is 41.0 Å². The van der Waals surface area contributed by atoms with Crippen molar-refractivity contribution in [2.24, 2.45) is 7.05 Å². The van der Waals surface area contributed by atoms with Gasteiger partial charge in [-0.25, -0.2) is 0 Å². The highest BCUT2D eigenvalue weighted by molar-refractivity contribution is 7.98. The summed E-state index contributed by atoms with van der Waals surface area (Å²) in [7, 11) is 6.51. The van der Waals surface area contributed by atoms with E-state index in [1.807, 2.05) is 36.5 Å². The topological polar surface area (TPSA) is 159 Å². The number of piperazine rings is 1. The average molecular weight is 813 g/mol. The van der Waals surface area contributed by atoms with Crippen LogP contribution in [0.5, 0.6) is 11.5 Å². The van der Waals surface area contributed by atoms with Gasteiger partial charge in [0.15, 0.2) is 0 Å². The highest BCUT2D eigenvalue weighted by Crippen LogP contribution is 2.39. The maximum Gasteiger partial charge on any atom is 0.261 e. The number of pyridine rings is 2. The van der Waals surface area contributed by atoms with Crippen molar-refractivity contribution in [3.63, 3.8) is 0 Å². The maximum atomic E-state index is 13.6. The van der Waals surface area contributed by atoms with E-state index >= 15 is 0 Å². The molecule has 58 heavy (non-hydrogen) atoms. The first-order chi connectivity index (χ1) is 28.1. The fourth-order valence-electron chi connectivity index (χ4n) is 7.63. The number of rotatable bonds is 18. The van der Waals surface area contributed by atoms with Gasteiger partial charge in [-0.1, -0.05) is 18.0 Å². The van der Waals surface area contributed by atoms with Crippen LogP contribution in [0.25, 0.3) is 21.9 Å². The number of hydrogen-bond donors (Lipinski definition) is 2. The fraction of sp³-hybridized carbons (Fsp3) is 0.429. The highest BCUT2D eigenvalue weighted by Gasteiger charge is 2.32. The van der Waals surface area contributed by atoms with E-state index in [1.165, 1.54) is 7.05 Å². The summed E-state index contributed by atoms with van der Waals surface area (Å²) in [6, 6.07) is 10.5. The van der Waals surface area contributed by atoms with Gasteiger partial charge in [0.1, 0.15) is 23.8 Å². The Balaban J connectivity index is 0.966. The lowest BCUT2D eigenvalue weighted by atomic mass is 9.98. The van der Waals surface area contributed by atoms with Crippen LogP contribution in [0.3, 0.4) is 0 Å². The number of aromatic nitrogens is 2. The number of methoxy groups -OCH3 is 2. The van der Waals surface area contributed by atoms with Crippen molar-refractivity contribution in [1.29, 1.82) is 0 Å². The third-order valence-corrected chi connectivity index (χ3v) is 12.0. The predicted molar refractivity (Wildman–Crippen MR) is 225 cm³/mol. The van der Waals surface area contributed by atoms with E-state index in [9.17, 15) is 24.0 Å². The molecule has 2 saturated heterocycles. The molecule has 4 aromatic rings. The molecule has 4 heterocycles. The van der Waals surface area contributed by atoms with Gasteiger partial charge in [0.2, 0.25) is 12.3 Å². The molecule has 1 unspecified atom stereocenters. The Morgan fingerprint density at radius 1 is 1.02 bits per heavy atom. The Bertz CT molecular complexity index is 2160. The lowest BCUT2D eigenvalue weighted by Crippen LogP contribution is -2.50. The molecule has 1 atom stereocenters. The molecule has 0 radical (unpaired) electrons. The normalized spacial score (nSPS) is 15.4. The van der Waals surface area contributed by atoms with Gasteiger partial charge >= 0.3 is 0 Å². The van der Waals surface area contributed by atoms with Gasteiger partial charge in [-0.3, -0.25) is 43.6 Å². The molecular weight excluding hydrogens is 761 g/mol. The third-order valence-electron chi connectivity index (χ3n) is 11.0. The van der Waals surface area contributed by atoms with Crippen molar-refractivity contribution < 1.29 is 28.7 Å². The standard InChI is InChI=1S/C42H52N8O7S/c1-28-8-9-30(21-33(28)42(55)50(27-52)37(7-6-18-51)40(53)43-2)49-16-14-47(15-17-49)13-12-45-58-31-23-48(24-31)26-36-38(56-4)19-29(20-39(36)57-5)35-25-46(3)41(54)34-22-44-11-10-32(34)35/h8-11,18-22,25,27,31,37,45H,6-7,12-17,23-24,26H2,1-5H3,(H,43,53). The number of aryl methyl sites for hydroxylation is 2. The number of likely N-dealkylation sites (tertiary alicyclic amines) is 1. The number of aldehydes is 1. The van der Waals surface area contributed by atoms with Crippen LogP contribution < -0.4 is 30.0 Å². The van der Waals surface area contributed by atoms with Gasteiger partial charge in [0.05, 0.1) is 25.2 Å². The molecule has 6 rings (SSSR count). The first kappa shape index (κ1) is 42.3. The molecule has 2 fully saturated rings. The molecule has 15 nitrogen and oxygen atoms in total. The third kappa shape index (κ3) is 9.36. The number of amides is 3. The van der Waals surface area contributed by atoms with Crippen molar-refractivity contribution in [1.82, 2.24) is 34.3 Å². The predicted octanol–water partition coefficient (Wildman–Crippen LogP) is 2.86. The van der Waals surface area contributed by atoms with E-state index in [-0.39, 0.29) is 18.4 Å². The minimum Gasteiger partial charge on any atom is -0.496 e. The van der Waals surface area contributed by atoms with Crippen molar-refractivity contribution in [3.8, 4) is 22.6 Å². The van der Waals surface area contributed by atoms with Crippen molar-refractivity contribution in [2.45, 2.75) is 37.6 Å². The largest absolute Gasteiger partial charge is 0.496 e. The van der Waals surface area contributed by atoms with E-state index in [2.05, 4.69) is 29.7 Å². The Kier molecular flexibility index (Phi) is 14.2. The Morgan fingerprint density at radius 3 is 2.40 bits per heavy atom. The summed E-state index contributed by atoms with van der Waals surface area (Å²) in [5, 5.41) is 4.34. The molecule has 2 aromatic carbocycles. The van der Waals surface area contributed by atoms with Crippen LogP contribution in [-0.4, -0.2) is 134 Å². The van der Waals surface area contributed by atoms with Gasteiger partial charge in [-0.2, -0.15) is 0 Å². The zero-order valence-electron chi connectivity index (χ0n) is 33.7. The second-order valence-electron chi connectivity index (χ2n) is 14.6. The van der Waals surface area contributed by atoms with Crippen LogP contribution >= 0.6 is 11.9 Å². The van der Waals surface area contributed by atoms with Crippen molar-refractivity contribution in [3.05, 3.63) is 82.0 Å². The molecule has 2 aromatic heterocycles. The van der Waals surface area contributed by atoms with Crippen molar-refractivity contribution >= 4 is 52.9 Å². The Morgan fingerprint density at radius 2 is 1.74 bits per heavy atom. The van der Waals surface area contributed by atoms with Crippen molar-refractivity contribution in [2.75, 3.05) is 78.5 Å². The molecule has 2 aliphatic rings. The molecule has 0 spiro atoms. The number of imide groups is 1. The highest BCUT2D eigenvalue weighted by atomic mass is 32.2. The average Bonchev–Trinajstić information content (AvgIpc) is 3.23. The maximum absolute atomic E-state index is 13.6. The summed E-state index contributed by atoms with van der Waals surface area (Å²) in [6.45, 7) is 9.41. The zero-order valence-corrected chi connectivity index (χ0v) is 34.5.